The Bertz CT molecular complexity index is 1080. The molecule has 7 heteroatoms. The van der Waals surface area contributed by atoms with Crippen molar-refractivity contribution in [3.8, 4) is 0 Å². The van der Waals surface area contributed by atoms with Crippen LogP contribution >= 0.6 is 22.7 Å². The van der Waals surface area contributed by atoms with E-state index in [1.54, 1.807) is 17.4 Å². The summed E-state index contributed by atoms with van der Waals surface area (Å²) in [5.74, 6) is -0.231. The van der Waals surface area contributed by atoms with Gasteiger partial charge in [-0.15, -0.1) is 22.7 Å². The number of benzene rings is 1. The maximum atomic E-state index is 12.6. The van der Waals surface area contributed by atoms with Crippen LogP contribution in [0.2, 0.25) is 0 Å². The predicted molar refractivity (Wildman–Crippen MR) is 105 cm³/mol. The third kappa shape index (κ3) is 3.31. The maximum Gasteiger partial charge on any atom is 0.262 e. The summed E-state index contributed by atoms with van der Waals surface area (Å²) >= 11 is 3.00. The number of thiophene rings is 2. The average Bonchev–Trinajstić information content (AvgIpc) is 3.35. The van der Waals surface area contributed by atoms with E-state index in [1.807, 2.05) is 53.2 Å². The number of carbonyl (C=O) groups is 1. The number of nitrogens with zero attached hydrogens (tertiary/aromatic N) is 2. The molecule has 0 radical (unpaired) electrons. The van der Waals surface area contributed by atoms with Gasteiger partial charge in [-0.2, -0.15) is 0 Å². The van der Waals surface area contributed by atoms with Crippen LogP contribution in [0.25, 0.3) is 10.2 Å². The molecule has 130 valence electrons. The molecule has 0 saturated carbocycles. The van der Waals surface area contributed by atoms with Crippen LogP contribution < -0.4 is 10.9 Å². The van der Waals surface area contributed by atoms with Crippen LogP contribution in [-0.2, 0) is 11.3 Å². The van der Waals surface area contributed by atoms with Gasteiger partial charge in [-0.25, -0.2) is 4.98 Å². The first-order chi connectivity index (χ1) is 12.7. The minimum absolute atomic E-state index is 0.0632. The minimum Gasteiger partial charge on any atom is -0.343 e. The Morgan fingerprint density at radius 3 is 2.69 bits per heavy atom. The second-order valence-electron chi connectivity index (χ2n) is 5.74. The zero-order valence-electron chi connectivity index (χ0n) is 13.7. The van der Waals surface area contributed by atoms with Gasteiger partial charge >= 0.3 is 0 Å². The SMILES string of the molecule is O=C(Cn1cnc2sccc2c1=O)NC(c1ccccc1)c1cccs1. The predicted octanol–water partition coefficient (Wildman–Crippen LogP) is 3.43. The molecule has 0 aliphatic rings. The quantitative estimate of drug-likeness (QED) is 0.576. The van der Waals surface area contributed by atoms with Crippen LogP contribution in [0.3, 0.4) is 0 Å². The highest BCUT2D eigenvalue weighted by Gasteiger charge is 2.18. The molecule has 1 aromatic carbocycles. The zero-order valence-corrected chi connectivity index (χ0v) is 15.3. The summed E-state index contributed by atoms with van der Waals surface area (Å²) in [5, 5.41) is 7.39. The normalized spacial score (nSPS) is 12.2. The molecule has 1 N–H and O–H groups in total. The summed E-state index contributed by atoms with van der Waals surface area (Å²) in [6, 6.07) is 15.3. The van der Waals surface area contributed by atoms with Crippen molar-refractivity contribution in [3.05, 3.63) is 86.4 Å². The number of hydrogen-bond donors (Lipinski definition) is 1. The first kappa shape index (κ1) is 16.7. The Balaban J connectivity index is 1.58. The van der Waals surface area contributed by atoms with Gasteiger partial charge in [0.2, 0.25) is 5.91 Å². The topological polar surface area (TPSA) is 64.0 Å². The molecule has 1 atom stereocenters. The summed E-state index contributed by atoms with van der Waals surface area (Å²) in [6.07, 6.45) is 1.43. The lowest BCUT2D eigenvalue weighted by molar-refractivity contribution is -0.122. The fourth-order valence-electron chi connectivity index (χ4n) is 2.79. The van der Waals surface area contributed by atoms with Gasteiger partial charge in [0.15, 0.2) is 0 Å². The van der Waals surface area contributed by atoms with E-state index < -0.39 is 0 Å². The van der Waals surface area contributed by atoms with E-state index in [0.29, 0.717) is 10.2 Å². The first-order valence-electron chi connectivity index (χ1n) is 8.03. The monoisotopic (exact) mass is 381 g/mol. The lowest BCUT2D eigenvalue weighted by atomic mass is 10.1. The van der Waals surface area contributed by atoms with Crippen LogP contribution in [0, 0.1) is 0 Å². The molecule has 0 aliphatic carbocycles. The molecule has 1 unspecified atom stereocenters. The molecule has 0 bridgehead atoms. The van der Waals surface area contributed by atoms with Crippen molar-refractivity contribution in [3.63, 3.8) is 0 Å². The number of aromatic nitrogens is 2. The van der Waals surface area contributed by atoms with Gasteiger partial charge in [0.05, 0.1) is 17.8 Å². The summed E-state index contributed by atoms with van der Waals surface area (Å²) < 4.78 is 1.35. The van der Waals surface area contributed by atoms with Crippen molar-refractivity contribution in [2.24, 2.45) is 0 Å². The smallest absolute Gasteiger partial charge is 0.262 e. The fraction of sp³-hybridized carbons (Fsp3) is 0.105. The molecule has 4 rings (SSSR count). The lowest BCUT2D eigenvalue weighted by Crippen LogP contribution is -2.35. The van der Waals surface area contributed by atoms with Crippen LogP contribution in [0.1, 0.15) is 16.5 Å². The maximum absolute atomic E-state index is 12.6. The van der Waals surface area contributed by atoms with Gasteiger partial charge in [-0.3, -0.25) is 14.2 Å². The minimum atomic E-state index is -0.239. The second kappa shape index (κ2) is 7.23. The average molecular weight is 381 g/mol. The van der Waals surface area contributed by atoms with Crippen LogP contribution in [-0.4, -0.2) is 15.5 Å². The van der Waals surface area contributed by atoms with Gasteiger partial charge in [0.1, 0.15) is 11.4 Å². The van der Waals surface area contributed by atoms with Gasteiger partial charge < -0.3 is 5.32 Å². The molecule has 0 fully saturated rings. The summed E-state index contributed by atoms with van der Waals surface area (Å²) in [5.41, 5.74) is 0.806. The molecule has 1 amide bonds. The van der Waals surface area contributed by atoms with E-state index in [4.69, 9.17) is 0 Å². The third-order valence-corrected chi connectivity index (χ3v) is 5.79. The van der Waals surface area contributed by atoms with Crippen LogP contribution in [0.4, 0.5) is 0 Å². The molecule has 5 nitrogen and oxygen atoms in total. The van der Waals surface area contributed by atoms with Crippen molar-refractivity contribution < 1.29 is 4.79 Å². The summed E-state index contributed by atoms with van der Waals surface area (Å²) in [7, 11) is 0. The summed E-state index contributed by atoms with van der Waals surface area (Å²) in [6.45, 7) is -0.0632. The van der Waals surface area contributed by atoms with E-state index in [1.165, 1.54) is 22.2 Å². The fourth-order valence-corrected chi connectivity index (χ4v) is 4.31. The third-order valence-electron chi connectivity index (χ3n) is 4.03. The highest BCUT2D eigenvalue weighted by molar-refractivity contribution is 7.16. The standard InChI is InChI=1S/C19H15N3O2S2/c23-16(11-22-12-20-18-14(19(22)24)8-10-26-18)21-17(15-7-4-9-25-15)13-5-2-1-3-6-13/h1-10,12,17H,11H2,(H,21,23). The Morgan fingerprint density at radius 2 is 1.92 bits per heavy atom. The number of amides is 1. The van der Waals surface area contributed by atoms with Crippen molar-refractivity contribution in [1.82, 2.24) is 14.9 Å². The molecular weight excluding hydrogens is 366 g/mol. The van der Waals surface area contributed by atoms with Gasteiger partial charge in [0, 0.05) is 4.88 Å². The number of fused-ring (bicyclic) bond motifs is 1. The van der Waals surface area contributed by atoms with Gasteiger partial charge in [-0.1, -0.05) is 36.4 Å². The largest absolute Gasteiger partial charge is 0.343 e. The highest BCUT2D eigenvalue weighted by atomic mass is 32.1. The number of nitrogens with one attached hydrogen (secondary N) is 1. The van der Waals surface area contributed by atoms with Gasteiger partial charge in [-0.05, 0) is 28.5 Å². The van der Waals surface area contributed by atoms with E-state index in [-0.39, 0.29) is 24.1 Å². The molecule has 0 saturated heterocycles. The van der Waals surface area contributed by atoms with Crippen LogP contribution in [0.15, 0.2) is 70.4 Å². The molecule has 26 heavy (non-hydrogen) atoms. The van der Waals surface area contributed by atoms with Crippen molar-refractivity contribution in [2.45, 2.75) is 12.6 Å². The number of carbonyl (C=O) groups excluding carboxylic acids is 1. The van der Waals surface area contributed by atoms with E-state index >= 15 is 0 Å². The number of rotatable bonds is 5. The number of hydrogen-bond acceptors (Lipinski definition) is 5. The van der Waals surface area contributed by atoms with E-state index in [0.717, 1.165) is 10.4 Å². The Morgan fingerprint density at radius 1 is 1.08 bits per heavy atom. The molecule has 0 spiro atoms. The van der Waals surface area contributed by atoms with E-state index in [2.05, 4.69) is 10.3 Å². The molecule has 3 aromatic heterocycles. The second-order valence-corrected chi connectivity index (χ2v) is 7.62. The van der Waals surface area contributed by atoms with Gasteiger partial charge in [0.25, 0.3) is 5.56 Å². The first-order valence-corrected chi connectivity index (χ1v) is 9.78. The Kier molecular flexibility index (Phi) is 4.64. The molecular formula is C19H15N3O2S2. The van der Waals surface area contributed by atoms with Crippen molar-refractivity contribution in [1.29, 1.82) is 0 Å². The Labute approximate surface area is 157 Å². The zero-order chi connectivity index (χ0) is 17.9. The highest BCUT2D eigenvalue weighted by Crippen LogP contribution is 2.25. The van der Waals surface area contributed by atoms with E-state index in [9.17, 15) is 9.59 Å². The molecule has 4 aromatic rings. The molecule has 0 aliphatic heterocycles. The lowest BCUT2D eigenvalue weighted by Gasteiger charge is -2.18. The Hall–Kier alpha value is -2.77. The molecule has 3 heterocycles. The van der Waals surface area contributed by atoms with Crippen molar-refractivity contribution >= 4 is 38.8 Å². The summed E-state index contributed by atoms with van der Waals surface area (Å²) in [4.78, 5) is 31.1. The van der Waals surface area contributed by atoms with Crippen molar-refractivity contribution in [2.75, 3.05) is 0 Å². The van der Waals surface area contributed by atoms with Crippen LogP contribution in [0.5, 0.6) is 0 Å².